The predicted octanol–water partition coefficient (Wildman–Crippen LogP) is 3.13. The summed E-state index contributed by atoms with van der Waals surface area (Å²) in [6, 6.07) is 11.6. The summed E-state index contributed by atoms with van der Waals surface area (Å²) in [4.78, 5) is 34.5. The molecule has 0 radical (unpaired) electrons. The van der Waals surface area contributed by atoms with Crippen LogP contribution in [0.5, 0.6) is 0 Å². The Morgan fingerprint density at radius 2 is 1.89 bits per heavy atom. The van der Waals surface area contributed by atoms with Gasteiger partial charge in [-0.2, -0.15) is 14.6 Å². The number of urea groups is 1. The molecule has 44 heavy (non-hydrogen) atoms. The van der Waals surface area contributed by atoms with Gasteiger partial charge in [-0.05, 0) is 36.8 Å². The minimum atomic E-state index is -0.624. The Morgan fingerprint density at radius 1 is 1.11 bits per heavy atom. The number of benzene rings is 1. The summed E-state index contributed by atoms with van der Waals surface area (Å²) < 4.78 is 26.3. The summed E-state index contributed by atoms with van der Waals surface area (Å²) in [5, 5.41) is 12.6. The van der Waals surface area contributed by atoms with Crippen LogP contribution in [0.1, 0.15) is 17.2 Å². The van der Waals surface area contributed by atoms with Crippen molar-refractivity contribution in [3.05, 3.63) is 78.1 Å². The summed E-state index contributed by atoms with van der Waals surface area (Å²) in [5.41, 5.74) is 3.43. The van der Waals surface area contributed by atoms with Gasteiger partial charge in [0.25, 0.3) is 0 Å². The minimum Gasteiger partial charge on any atom is -0.383 e. The third-order valence-electron chi connectivity index (χ3n) is 7.53. The van der Waals surface area contributed by atoms with Crippen molar-refractivity contribution in [3.8, 4) is 16.9 Å². The van der Waals surface area contributed by atoms with E-state index in [1.165, 1.54) is 12.3 Å². The van der Waals surface area contributed by atoms with E-state index in [-0.39, 0.29) is 0 Å². The van der Waals surface area contributed by atoms with Gasteiger partial charge < -0.3 is 19.7 Å². The number of carbonyl (C=O) groups is 1. The number of aromatic nitrogens is 5. The zero-order chi connectivity index (χ0) is 30.5. The Hall–Kier alpha value is -4.50. The van der Waals surface area contributed by atoms with Crippen LogP contribution in [0.25, 0.3) is 16.9 Å². The number of hydroxylamine groups is 2. The predicted molar refractivity (Wildman–Crippen MR) is 160 cm³/mol. The van der Waals surface area contributed by atoms with Crippen molar-refractivity contribution in [2.45, 2.75) is 19.1 Å². The highest BCUT2D eigenvalue weighted by Gasteiger charge is 2.37. The van der Waals surface area contributed by atoms with Crippen molar-refractivity contribution >= 4 is 17.8 Å². The fourth-order valence-electron chi connectivity index (χ4n) is 5.29. The first kappa shape index (κ1) is 29.6. The van der Waals surface area contributed by atoms with Crippen LogP contribution in [0.4, 0.5) is 21.0 Å². The third kappa shape index (κ3) is 6.53. The molecule has 0 aliphatic carbocycles. The van der Waals surface area contributed by atoms with Gasteiger partial charge in [-0.15, -0.1) is 0 Å². The van der Waals surface area contributed by atoms with E-state index in [2.05, 4.69) is 30.5 Å². The van der Waals surface area contributed by atoms with Gasteiger partial charge in [0.1, 0.15) is 17.6 Å². The van der Waals surface area contributed by atoms with Crippen molar-refractivity contribution in [3.63, 3.8) is 0 Å². The van der Waals surface area contributed by atoms with Crippen LogP contribution >= 0.6 is 0 Å². The van der Waals surface area contributed by atoms with E-state index in [0.717, 1.165) is 29.9 Å². The van der Waals surface area contributed by atoms with Gasteiger partial charge in [0, 0.05) is 63.0 Å². The first-order valence-electron chi connectivity index (χ1n) is 14.4. The molecule has 6 rings (SSSR count). The molecule has 1 aromatic carbocycles. The quantitative estimate of drug-likeness (QED) is 0.275. The molecule has 0 spiro atoms. The van der Waals surface area contributed by atoms with Crippen LogP contribution in [0.3, 0.4) is 0 Å². The number of halogens is 1. The Bertz CT molecular complexity index is 1560. The van der Waals surface area contributed by atoms with Crippen LogP contribution in [-0.2, 0) is 14.3 Å². The number of carbonyl (C=O) groups excluding carboxylic acids is 1. The van der Waals surface area contributed by atoms with E-state index in [1.54, 1.807) is 35.3 Å². The molecule has 2 amide bonds. The van der Waals surface area contributed by atoms with Crippen molar-refractivity contribution in [1.82, 2.24) is 35.1 Å². The Kier molecular flexibility index (Phi) is 9.02. The molecule has 5 heterocycles. The van der Waals surface area contributed by atoms with E-state index in [4.69, 9.17) is 19.4 Å². The zero-order valence-corrected chi connectivity index (χ0v) is 24.5. The molecule has 4 aromatic rings. The standard InChI is InChI=1S/C30H34FN9O4/c1-20-26(22-17-33-29(34-18-22)38-10-14-43-15-11-38)37-40(23-6-4-3-5-7-23)28(20)36-30(41)35-24-19-39(12-13-42-2)44-27(24)21-8-9-32-25(31)16-21/h3-9,16-18,24,27H,10-15,19H2,1-2H3,(H2,35,36,41)/t24-,27+/m1/s1. The summed E-state index contributed by atoms with van der Waals surface area (Å²) in [6.45, 7) is 5.93. The lowest BCUT2D eigenvalue weighted by atomic mass is 10.0. The molecule has 0 unspecified atom stereocenters. The smallest absolute Gasteiger partial charge is 0.320 e. The molecule has 3 aromatic heterocycles. The number of methoxy groups -OCH3 is 1. The van der Waals surface area contributed by atoms with Crippen LogP contribution < -0.4 is 15.5 Å². The number of ether oxygens (including phenoxy) is 2. The number of nitrogens with zero attached hydrogens (tertiary/aromatic N) is 7. The molecule has 2 aliphatic rings. The van der Waals surface area contributed by atoms with Gasteiger partial charge in [-0.25, -0.2) is 24.4 Å². The van der Waals surface area contributed by atoms with Crippen LogP contribution in [0.15, 0.2) is 61.1 Å². The lowest BCUT2D eigenvalue weighted by Crippen LogP contribution is -2.42. The Morgan fingerprint density at radius 3 is 2.61 bits per heavy atom. The molecule has 2 N–H and O–H groups in total. The maximum Gasteiger partial charge on any atom is 0.320 e. The summed E-state index contributed by atoms with van der Waals surface area (Å²) in [6.07, 6.45) is 4.25. The zero-order valence-electron chi connectivity index (χ0n) is 24.5. The van der Waals surface area contributed by atoms with Gasteiger partial charge in [0.05, 0.1) is 31.5 Å². The molecule has 2 atom stereocenters. The second kappa shape index (κ2) is 13.4. The summed E-state index contributed by atoms with van der Waals surface area (Å²) >= 11 is 0. The number of anilines is 2. The molecule has 2 aliphatic heterocycles. The van der Waals surface area contributed by atoms with Crippen molar-refractivity contribution in [2.24, 2.45) is 0 Å². The molecule has 0 bridgehead atoms. The van der Waals surface area contributed by atoms with Crippen molar-refractivity contribution in [2.75, 3.05) is 63.3 Å². The topological polar surface area (TPSA) is 132 Å². The molecule has 2 saturated heterocycles. The van der Waals surface area contributed by atoms with E-state index in [9.17, 15) is 9.18 Å². The number of rotatable bonds is 9. The number of morpholine rings is 1. The monoisotopic (exact) mass is 603 g/mol. The lowest BCUT2D eigenvalue weighted by Gasteiger charge is -2.26. The molecular weight excluding hydrogens is 569 g/mol. The highest BCUT2D eigenvalue weighted by Crippen LogP contribution is 2.32. The van der Waals surface area contributed by atoms with Gasteiger partial charge in [-0.1, -0.05) is 18.2 Å². The fourth-order valence-corrected chi connectivity index (χ4v) is 5.29. The maximum atomic E-state index is 14.0. The van der Waals surface area contributed by atoms with Crippen LogP contribution in [0.2, 0.25) is 0 Å². The third-order valence-corrected chi connectivity index (χ3v) is 7.53. The van der Waals surface area contributed by atoms with E-state index in [1.807, 2.05) is 37.3 Å². The molecule has 0 saturated carbocycles. The van der Waals surface area contributed by atoms with Crippen LogP contribution in [-0.4, -0.2) is 95.0 Å². The first-order chi connectivity index (χ1) is 21.5. The summed E-state index contributed by atoms with van der Waals surface area (Å²) in [5.74, 6) is 0.501. The molecule has 14 heteroatoms. The number of amides is 2. The highest BCUT2D eigenvalue weighted by molar-refractivity contribution is 5.91. The molecular formula is C30H34FN9O4. The number of pyridine rings is 1. The van der Waals surface area contributed by atoms with Gasteiger partial charge in [0.2, 0.25) is 11.9 Å². The largest absolute Gasteiger partial charge is 0.383 e. The van der Waals surface area contributed by atoms with E-state index < -0.39 is 24.1 Å². The molecule has 13 nitrogen and oxygen atoms in total. The SMILES string of the molecule is COCCN1C[C@@H](NC(=O)Nc2c(C)c(-c3cnc(N4CCOCC4)nc3)nn2-c2ccccc2)[C@H](c2ccnc(F)c2)O1. The average molecular weight is 604 g/mol. The number of hydrogen-bond donors (Lipinski definition) is 2. The molecule has 230 valence electrons. The Labute approximate surface area is 253 Å². The first-order valence-corrected chi connectivity index (χ1v) is 14.4. The number of para-hydroxylation sites is 1. The van der Waals surface area contributed by atoms with Gasteiger partial charge in [-0.3, -0.25) is 10.2 Å². The maximum absolute atomic E-state index is 14.0. The minimum absolute atomic E-state index is 0.375. The second-order valence-electron chi connectivity index (χ2n) is 10.5. The van der Waals surface area contributed by atoms with Crippen molar-refractivity contribution < 1.29 is 23.5 Å². The van der Waals surface area contributed by atoms with E-state index in [0.29, 0.717) is 55.9 Å². The van der Waals surface area contributed by atoms with Crippen LogP contribution in [0, 0.1) is 12.9 Å². The van der Waals surface area contributed by atoms with E-state index >= 15 is 0 Å². The van der Waals surface area contributed by atoms with Gasteiger partial charge in [0.15, 0.2) is 0 Å². The lowest BCUT2D eigenvalue weighted by molar-refractivity contribution is -0.154. The fraction of sp³-hybridized carbons (Fsp3) is 0.367. The normalized spacial score (nSPS) is 18.8. The Balaban J connectivity index is 1.25. The number of nitrogens with one attached hydrogen (secondary N) is 2. The highest BCUT2D eigenvalue weighted by atomic mass is 19.1. The summed E-state index contributed by atoms with van der Waals surface area (Å²) in [7, 11) is 1.60. The van der Waals surface area contributed by atoms with Crippen molar-refractivity contribution in [1.29, 1.82) is 0 Å². The number of hydrogen-bond acceptors (Lipinski definition) is 10. The molecule has 2 fully saturated rings. The average Bonchev–Trinajstić information content (AvgIpc) is 3.61. The van der Waals surface area contributed by atoms with Gasteiger partial charge >= 0.3 is 6.03 Å². The second-order valence-corrected chi connectivity index (χ2v) is 10.5.